The van der Waals surface area contributed by atoms with E-state index < -0.39 is 0 Å². The molecular weight excluding hydrogens is 136 g/mol. The zero-order valence-corrected chi connectivity index (χ0v) is 6.50. The molecule has 0 atom stereocenters. The van der Waals surface area contributed by atoms with Crippen molar-refractivity contribution in [1.82, 2.24) is 0 Å². The summed E-state index contributed by atoms with van der Waals surface area (Å²) in [5.41, 5.74) is 0. The zero-order chi connectivity index (χ0) is 7.28. The molecule has 0 amide bonds. The number of aliphatic imine (C=N–C) groups is 1. The second-order valence-corrected chi connectivity index (χ2v) is 2.26. The third-order valence-corrected chi connectivity index (χ3v) is 1.02. The molecule has 0 rings (SSSR count). The van der Waals surface area contributed by atoms with Crippen LogP contribution >= 0.6 is 11.6 Å². The van der Waals surface area contributed by atoms with Crippen LogP contribution in [0, 0.1) is 5.41 Å². The van der Waals surface area contributed by atoms with Crippen LogP contribution in [0.2, 0.25) is 0 Å². The van der Waals surface area contributed by atoms with Crippen molar-refractivity contribution in [3.63, 3.8) is 0 Å². The number of amidine groups is 1. The Kier molecular flexibility index (Phi) is 4.32. The van der Waals surface area contributed by atoms with Gasteiger partial charge in [0.2, 0.25) is 0 Å². The third-order valence-electron chi connectivity index (χ3n) is 0.745. The molecule has 0 radical (unpaired) electrons. The SMILES string of the molecule is CCCC(Cl)=NC(C)=N. The average molecular weight is 147 g/mol. The quantitative estimate of drug-likeness (QED) is 0.459. The second-order valence-electron chi connectivity index (χ2n) is 1.82. The maximum absolute atomic E-state index is 6.93. The molecule has 9 heavy (non-hydrogen) atoms. The standard InChI is InChI=1S/C6H11ClN2/c1-3-4-6(7)9-5(2)8/h8H,3-4H2,1-2H3. The highest BCUT2D eigenvalue weighted by molar-refractivity contribution is 6.66. The van der Waals surface area contributed by atoms with E-state index in [9.17, 15) is 0 Å². The number of hydrogen-bond acceptors (Lipinski definition) is 1. The van der Waals surface area contributed by atoms with Gasteiger partial charge in [0, 0.05) is 6.42 Å². The number of hydrogen-bond donors (Lipinski definition) is 1. The highest BCUT2D eigenvalue weighted by Gasteiger charge is 1.90. The van der Waals surface area contributed by atoms with E-state index in [0.717, 1.165) is 12.8 Å². The van der Waals surface area contributed by atoms with Crippen molar-refractivity contribution in [3.8, 4) is 0 Å². The smallest absolute Gasteiger partial charge is 0.118 e. The molecule has 0 aliphatic rings. The summed E-state index contributed by atoms with van der Waals surface area (Å²) in [5.74, 6) is 0.272. The fourth-order valence-corrected chi connectivity index (χ4v) is 0.760. The topological polar surface area (TPSA) is 36.2 Å². The van der Waals surface area contributed by atoms with E-state index in [2.05, 4.69) is 4.99 Å². The van der Waals surface area contributed by atoms with Gasteiger partial charge >= 0.3 is 0 Å². The summed E-state index contributed by atoms with van der Waals surface area (Å²) in [7, 11) is 0. The second kappa shape index (κ2) is 4.50. The lowest BCUT2D eigenvalue weighted by atomic mass is 10.4. The van der Waals surface area contributed by atoms with E-state index in [1.54, 1.807) is 6.92 Å². The summed E-state index contributed by atoms with van der Waals surface area (Å²) in [5, 5.41) is 7.46. The lowest BCUT2D eigenvalue weighted by molar-refractivity contribution is 1.00. The Morgan fingerprint density at radius 1 is 1.67 bits per heavy atom. The van der Waals surface area contributed by atoms with Gasteiger partial charge in [0.1, 0.15) is 11.0 Å². The van der Waals surface area contributed by atoms with Crippen molar-refractivity contribution < 1.29 is 0 Å². The Morgan fingerprint density at radius 2 is 2.22 bits per heavy atom. The zero-order valence-electron chi connectivity index (χ0n) is 5.74. The summed E-state index contributed by atoms with van der Waals surface area (Å²) in [6, 6.07) is 0. The van der Waals surface area contributed by atoms with Crippen molar-refractivity contribution in [3.05, 3.63) is 0 Å². The first-order valence-electron chi connectivity index (χ1n) is 2.95. The van der Waals surface area contributed by atoms with Crippen molar-refractivity contribution in [2.45, 2.75) is 26.7 Å². The van der Waals surface area contributed by atoms with Crippen LogP contribution in [-0.4, -0.2) is 11.0 Å². The lowest BCUT2D eigenvalue weighted by Gasteiger charge is -1.90. The first kappa shape index (κ1) is 8.63. The first-order chi connectivity index (χ1) is 4.16. The van der Waals surface area contributed by atoms with Crippen LogP contribution in [-0.2, 0) is 0 Å². The van der Waals surface area contributed by atoms with Crippen LogP contribution in [0.1, 0.15) is 26.7 Å². The highest BCUT2D eigenvalue weighted by atomic mass is 35.5. The van der Waals surface area contributed by atoms with Crippen molar-refractivity contribution in [2.75, 3.05) is 0 Å². The summed E-state index contributed by atoms with van der Waals surface area (Å²) in [4.78, 5) is 3.73. The summed E-state index contributed by atoms with van der Waals surface area (Å²) in [6.07, 6.45) is 1.76. The molecule has 0 heterocycles. The minimum atomic E-state index is 0.272. The highest BCUT2D eigenvalue weighted by Crippen LogP contribution is 1.96. The molecule has 0 aromatic heterocycles. The summed E-state index contributed by atoms with van der Waals surface area (Å²) in [6.45, 7) is 3.63. The summed E-state index contributed by atoms with van der Waals surface area (Å²) >= 11 is 5.59. The molecule has 1 N–H and O–H groups in total. The molecule has 2 nitrogen and oxygen atoms in total. The number of nitrogens with one attached hydrogen (secondary N) is 1. The molecule has 0 bridgehead atoms. The van der Waals surface area contributed by atoms with E-state index in [1.165, 1.54) is 0 Å². The minimum Gasteiger partial charge on any atom is -0.287 e. The van der Waals surface area contributed by atoms with Gasteiger partial charge in [-0.05, 0) is 13.3 Å². The largest absolute Gasteiger partial charge is 0.287 e. The van der Waals surface area contributed by atoms with Gasteiger partial charge < -0.3 is 0 Å². The molecule has 0 fully saturated rings. The molecule has 0 aliphatic heterocycles. The Hall–Kier alpha value is -0.370. The van der Waals surface area contributed by atoms with Crippen LogP contribution in [0.25, 0.3) is 0 Å². The monoisotopic (exact) mass is 146 g/mol. The molecule has 0 aromatic rings. The van der Waals surface area contributed by atoms with Gasteiger partial charge in [0.25, 0.3) is 0 Å². The maximum atomic E-state index is 6.93. The van der Waals surface area contributed by atoms with Crippen LogP contribution in [0.15, 0.2) is 4.99 Å². The van der Waals surface area contributed by atoms with E-state index >= 15 is 0 Å². The summed E-state index contributed by atoms with van der Waals surface area (Å²) < 4.78 is 0. The molecular formula is C6H11ClN2. The van der Waals surface area contributed by atoms with Crippen LogP contribution in [0.3, 0.4) is 0 Å². The predicted molar refractivity (Wildman–Crippen MR) is 41.6 cm³/mol. The molecule has 0 aliphatic carbocycles. The van der Waals surface area contributed by atoms with Gasteiger partial charge in [0.15, 0.2) is 0 Å². The Bertz CT molecular complexity index is 129. The number of halogens is 1. The molecule has 0 aromatic carbocycles. The Balaban J connectivity index is 3.69. The van der Waals surface area contributed by atoms with Gasteiger partial charge in [-0.3, -0.25) is 5.41 Å². The molecule has 3 heteroatoms. The van der Waals surface area contributed by atoms with Crippen molar-refractivity contribution >= 4 is 22.6 Å². The van der Waals surface area contributed by atoms with Crippen LogP contribution in [0.5, 0.6) is 0 Å². The molecule has 52 valence electrons. The van der Waals surface area contributed by atoms with E-state index in [0.29, 0.717) is 5.17 Å². The van der Waals surface area contributed by atoms with Crippen molar-refractivity contribution in [2.24, 2.45) is 4.99 Å². The molecule has 0 saturated carbocycles. The number of nitrogens with zero attached hydrogens (tertiary/aromatic N) is 1. The van der Waals surface area contributed by atoms with Gasteiger partial charge in [0.05, 0.1) is 0 Å². The molecule has 0 saturated heterocycles. The van der Waals surface area contributed by atoms with Crippen LogP contribution < -0.4 is 0 Å². The molecule has 0 spiro atoms. The van der Waals surface area contributed by atoms with Gasteiger partial charge in [-0.1, -0.05) is 18.5 Å². The minimum absolute atomic E-state index is 0.272. The first-order valence-corrected chi connectivity index (χ1v) is 3.32. The Morgan fingerprint density at radius 3 is 2.56 bits per heavy atom. The van der Waals surface area contributed by atoms with E-state index in [1.807, 2.05) is 6.92 Å². The fourth-order valence-electron chi connectivity index (χ4n) is 0.444. The normalized spacial score (nSPS) is 11.7. The van der Waals surface area contributed by atoms with E-state index in [-0.39, 0.29) is 5.84 Å². The number of rotatable bonds is 2. The molecule has 0 unspecified atom stereocenters. The fraction of sp³-hybridized carbons (Fsp3) is 0.667. The maximum Gasteiger partial charge on any atom is 0.118 e. The lowest BCUT2D eigenvalue weighted by Crippen LogP contribution is -1.90. The van der Waals surface area contributed by atoms with E-state index in [4.69, 9.17) is 17.0 Å². The third kappa shape index (κ3) is 5.50. The predicted octanol–water partition coefficient (Wildman–Crippen LogP) is 2.42. The van der Waals surface area contributed by atoms with Crippen molar-refractivity contribution in [1.29, 1.82) is 5.41 Å². The van der Waals surface area contributed by atoms with Gasteiger partial charge in [-0.25, -0.2) is 4.99 Å². The van der Waals surface area contributed by atoms with Gasteiger partial charge in [-0.2, -0.15) is 0 Å². The van der Waals surface area contributed by atoms with Gasteiger partial charge in [-0.15, -0.1) is 0 Å². The Labute approximate surface area is 60.4 Å². The average Bonchev–Trinajstić information content (AvgIpc) is 1.63. The van der Waals surface area contributed by atoms with Crippen LogP contribution in [0.4, 0.5) is 0 Å².